The normalized spacial score (nSPS) is 11.2. The van der Waals surface area contributed by atoms with E-state index in [-0.39, 0.29) is 23.3 Å². The molecule has 0 amide bonds. The number of carbonyl (C=O) groups excluding carboxylic acids is 2. The maximum Gasteiger partial charge on any atom is 0.340 e. The highest BCUT2D eigenvalue weighted by Crippen LogP contribution is 2.24. The summed E-state index contributed by atoms with van der Waals surface area (Å²) in [5.41, 5.74) is 2.81. The molecule has 164 valence electrons. The predicted octanol–water partition coefficient (Wildman–Crippen LogP) is 4.94. The lowest BCUT2D eigenvalue weighted by Crippen LogP contribution is -2.13. The molecule has 8 heteroatoms. The van der Waals surface area contributed by atoms with Crippen LogP contribution in [0.1, 0.15) is 55.3 Å². The lowest BCUT2D eigenvalue weighted by molar-refractivity contribution is 0.0523. The average molecular weight is 450 g/mol. The molecule has 1 N–H and O–H groups in total. The zero-order valence-electron chi connectivity index (χ0n) is 18.3. The van der Waals surface area contributed by atoms with Crippen LogP contribution < -0.4 is 4.74 Å². The number of ketones is 1. The zero-order valence-corrected chi connectivity index (χ0v) is 19.1. The fraction of sp³-hybridized carbons (Fsp3) is 0.250. The molecule has 0 fully saturated rings. The fourth-order valence-electron chi connectivity index (χ4n) is 3.27. The maximum absolute atomic E-state index is 13.1. The number of allylic oxidation sites excluding steroid dienone is 1. The molecular weight excluding hydrogens is 426 g/mol. The second kappa shape index (κ2) is 10.1. The number of H-pyrrole nitrogens is 1. The van der Waals surface area contributed by atoms with Gasteiger partial charge in [-0.25, -0.2) is 9.78 Å². The minimum atomic E-state index is -0.591. The zero-order chi connectivity index (χ0) is 23.3. The monoisotopic (exact) mass is 449 g/mol. The van der Waals surface area contributed by atoms with E-state index in [1.54, 1.807) is 56.4 Å². The van der Waals surface area contributed by atoms with Crippen LogP contribution >= 0.6 is 11.3 Å². The van der Waals surface area contributed by atoms with Gasteiger partial charge in [0.2, 0.25) is 5.78 Å². The average Bonchev–Trinajstić information content (AvgIpc) is 3.32. The topological polar surface area (TPSA) is 105 Å². The first-order valence-corrected chi connectivity index (χ1v) is 10.9. The summed E-state index contributed by atoms with van der Waals surface area (Å²) in [6.07, 6.45) is 1.49. The third-order valence-electron chi connectivity index (χ3n) is 4.69. The second-order valence-corrected chi connectivity index (χ2v) is 8.12. The summed E-state index contributed by atoms with van der Waals surface area (Å²) in [4.78, 5) is 32.8. The first kappa shape index (κ1) is 23.0. The van der Waals surface area contributed by atoms with E-state index in [4.69, 9.17) is 9.47 Å². The Hall–Kier alpha value is -3.70. The third-order valence-corrected chi connectivity index (χ3v) is 5.51. The highest BCUT2D eigenvalue weighted by molar-refractivity contribution is 7.09. The molecule has 0 aliphatic rings. The van der Waals surface area contributed by atoms with E-state index < -0.39 is 11.8 Å². The van der Waals surface area contributed by atoms with Crippen LogP contribution in [0.2, 0.25) is 0 Å². The lowest BCUT2D eigenvalue weighted by Gasteiger charge is -2.06. The molecule has 7 nitrogen and oxygen atoms in total. The number of aromatic nitrogens is 2. The number of hydrogen-bond donors (Lipinski definition) is 1. The van der Waals surface area contributed by atoms with Gasteiger partial charge in [-0.05, 0) is 51.5 Å². The van der Waals surface area contributed by atoms with Gasteiger partial charge in [-0.2, -0.15) is 5.26 Å². The van der Waals surface area contributed by atoms with Crippen LogP contribution in [0.4, 0.5) is 0 Å². The van der Waals surface area contributed by atoms with Crippen molar-refractivity contribution >= 4 is 29.2 Å². The Kier molecular flexibility index (Phi) is 7.23. The van der Waals surface area contributed by atoms with Crippen molar-refractivity contribution in [3.05, 3.63) is 74.0 Å². The quantitative estimate of drug-likeness (QED) is 0.226. The van der Waals surface area contributed by atoms with Crippen molar-refractivity contribution in [2.45, 2.75) is 34.3 Å². The molecule has 0 bridgehead atoms. The van der Waals surface area contributed by atoms with Crippen molar-refractivity contribution in [2.75, 3.05) is 6.61 Å². The molecule has 0 unspecified atom stereocenters. The summed E-state index contributed by atoms with van der Waals surface area (Å²) >= 11 is 1.57. The van der Waals surface area contributed by atoms with Crippen molar-refractivity contribution in [1.29, 1.82) is 5.26 Å². The van der Waals surface area contributed by atoms with Crippen LogP contribution in [0.3, 0.4) is 0 Å². The fourth-order valence-corrected chi connectivity index (χ4v) is 3.86. The Morgan fingerprint density at radius 3 is 2.44 bits per heavy atom. The van der Waals surface area contributed by atoms with Crippen LogP contribution in [0, 0.1) is 32.1 Å². The van der Waals surface area contributed by atoms with Gasteiger partial charge in [0.15, 0.2) is 0 Å². The van der Waals surface area contributed by atoms with Crippen molar-refractivity contribution in [1.82, 2.24) is 9.97 Å². The van der Waals surface area contributed by atoms with E-state index in [2.05, 4.69) is 9.97 Å². The number of benzene rings is 1. The van der Waals surface area contributed by atoms with E-state index in [9.17, 15) is 14.9 Å². The van der Waals surface area contributed by atoms with Crippen LogP contribution in [0.25, 0.3) is 6.08 Å². The molecule has 2 heterocycles. The van der Waals surface area contributed by atoms with Gasteiger partial charge in [0.1, 0.15) is 24.0 Å². The first-order valence-electron chi connectivity index (χ1n) is 10.0. The molecule has 0 radical (unpaired) electrons. The van der Waals surface area contributed by atoms with Gasteiger partial charge in [0.05, 0.1) is 28.4 Å². The van der Waals surface area contributed by atoms with Gasteiger partial charge < -0.3 is 14.5 Å². The summed E-state index contributed by atoms with van der Waals surface area (Å²) < 4.78 is 10.8. The van der Waals surface area contributed by atoms with Crippen molar-refractivity contribution in [3.63, 3.8) is 0 Å². The Labute approximate surface area is 190 Å². The number of nitrogens with zero attached hydrogens (tertiary/aromatic N) is 2. The number of ether oxygens (including phenoxy) is 2. The highest BCUT2D eigenvalue weighted by Gasteiger charge is 2.27. The number of Topliss-reactive ketones (excluding diaryl/α,β-unsaturated/α-hetero) is 1. The first-order chi connectivity index (χ1) is 15.3. The molecule has 1 aromatic carbocycles. The number of aryl methyl sites for hydroxylation is 3. The Bertz CT molecular complexity index is 1210. The molecule has 0 aliphatic heterocycles. The van der Waals surface area contributed by atoms with E-state index in [1.807, 2.05) is 18.4 Å². The number of nitrogens with one attached hydrogen (secondary N) is 1. The standard InChI is InChI=1S/C24H23N3O4S/c1-5-30-24(29)22-15(3)26-14(2)21(22)23(28)18(11-25)10-17-6-8-20(9-7-17)31-12-19-13-32-16(4)27-19/h6-10,13,26H,5,12H2,1-4H3/b18-10+. The second-order valence-electron chi connectivity index (χ2n) is 7.06. The summed E-state index contributed by atoms with van der Waals surface area (Å²) in [5.74, 6) is -0.470. The van der Waals surface area contributed by atoms with E-state index in [1.165, 1.54) is 6.08 Å². The van der Waals surface area contributed by atoms with Gasteiger partial charge in [-0.1, -0.05) is 12.1 Å². The SMILES string of the molecule is CCOC(=O)c1c(C)[nH]c(C)c1C(=O)/C(C#N)=C/c1ccc(OCc2csc(C)n2)cc1. The van der Waals surface area contributed by atoms with Gasteiger partial charge in [-0.3, -0.25) is 4.79 Å². The minimum absolute atomic E-state index is 0.0794. The summed E-state index contributed by atoms with van der Waals surface area (Å²) in [5, 5.41) is 12.6. The number of esters is 1. The van der Waals surface area contributed by atoms with Crippen LogP contribution in [0.15, 0.2) is 35.2 Å². The van der Waals surface area contributed by atoms with Crippen LogP contribution in [0.5, 0.6) is 5.75 Å². The number of nitriles is 1. The van der Waals surface area contributed by atoms with Crippen molar-refractivity contribution in [2.24, 2.45) is 0 Å². The number of hydrogen-bond acceptors (Lipinski definition) is 7. The molecule has 0 aliphatic carbocycles. The summed E-state index contributed by atoms with van der Waals surface area (Å²) in [7, 11) is 0. The van der Waals surface area contributed by atoms with E-state index >= 15 is 0 Å². The van der Waals surface area contributed by atoms with Crippen LogP contribution in [-0.4, -0.2) is 28.3 Å². The number of thiazole rings is 1. The van der Waals surface area contributed by atoms with Gasteiger partial charge in [-0.15, -0.1) is 11.3 Å². The summed E-state index contributed by atoms with van der Waals surface area (Å²) in [6.45, 7) is 7.57. The summed E-state index contributed by atoms with van der Waals surface area (Å²) in [6, 6.07) is 9.00. The van der Waals surface area contributed by atoms with Gasteiger partial charge in [0, 0.05) is 16.8 Å². The predicted molar refractivity (Wildman–Crippen MR) is 122 cm³/mol. The number of carbonyl (C=O) groups is 2. The molecule has 0 saturated carbocycles. The molecule has 32 heavy (non-hydrogen) atoms. The van der Waals surface area contributed by atoms with Gasteiger partial charge in [0.25, 0.3) is 0 Å². The Morgan fingerprint density at radius 1 is 1.16 bits per heavy atom. The molecule has 0 atom stereocenters. The van der Waals surface area contributed by atoms with E-state index in [0.29, 0.717) is 29.3 Å². The molecule has 2 aromatic heterocycles. The number of aromatic amines is 1. The molecule has 3 rings (SSSR count). The van der Waals surface area contributed by atoms with Crippen molar-refractivity contribution < 1.29 is 19.1 Å². The number of rotatable bonds is 8. The Balaban J connectivity index is 1.81. The third kappa shape index (κ3) is 5.13. The molecule has 0 saturated heterocycles. The van der Waals surface area contributed by atoms with E-state index in [0.717, 1.165) is 10.7 Å². The lowest BCUT2D eigenvalue weighted by atomic mass is 9.98. The molecule has 3 aromatic rings. The van der Waals surface area contributed by atoms with Crippen LogP contribution in [-0.2, 0) is 11.3 Å². The maximum atomic E-state index is 13.1. The Morgan fingerprint density at radius 2 is 1.84 bits per heavy atom. The highest BCUT2D eigenvalue weighted by atomic mass is 32.1. The van der Waals surface area contributed by atoms with Crippen molar-refractivity contribution in [3.8, 4) is 11.8 Å². The molecule has 0 spiro atoms. The molecular formula is C24H23N3O4S. The largest absolute Gasteiger partial charge is 0.487 e. The minimum Gasteiger partial charge on any atom is -0.487 e. The smallest absolute Gasteiger partial charge is 0.340 e. The van der Waals surface area contributed by atoms with Gasteiger partial charge >= 0.3 is 5.97 Å².